The van der Waals surface area contributed by atoms with Crippen LogP contribution in [0.2, 0.25) is 0 Å². The molecule has 116 valence electrons. The van der Waals surface area contributed by atoms with E-state index in [0.717, 1.165) is 28.3 Å². The van der Waals surface area contributed by atoms with Crippen LogP contribution in [-0.4, -0.2) is 23.1 Å². The van der Waals surface area contributed by atoms with Crippen LogP contribution in [0.1, 0.15) is 12.5 Å². The summed E-state index contributed by atoms with van der Waals surface area (Å²) in [6, 6.07) is 15.5. The van der Waals surface area contributed by atoms with Crippen LogP contribution in [0.15, 0.2) is 53.4 Å². The number of anilines is 2. The molecular formula is C18H16N2O2S. The Morgan fingerprint density at radius 1 is 1.17 bits per heavy atom. The van der Waals surface area contributed by atoms with Gasteiger partial charge in [0, 0.05) is 17.1 Å². The second-order valence-electron chi connectivity index (χ2n) is 5.92. The third-order valence-electron chi connectivity index (χ3n) is 4.42. The largest absolute Gasteiger partial charge is 0.323 e. The Labute approximate surface area is 138 Å². The van der Waals surface area contributed by atoms with Gasteiger partial charge in [-0.2, -0.15) is 0 Å². The fraction of sp³-hybridized carbons (Fsp3) is 0.222. The summed E-state index contributed by atoms with van der Waals surface area (Å²) >= 11 is 1.33. The van der Waals surface area contributed by atoms with Gasteiger partial charge in [-0.05, 0) is 37.1 Å². The molecule has 0 fully saturated rings. The van der Waals surface area contributed by atoms with Crippen molar-refractivity contribution in [3.05, 3.63) is 54.1 Å². The average molecular weight is 324 g/mol. The van der Waals surface area contributed by atoms with Crippen LogP contribution in [0.4, 0.5) is 11.4 Å². The van der Waals surface area contributed by atoms with E-state index in [1.54, 1.807) is 11.8 Å². The molecule has 0 saturated carbocycles. The van der Waals surface area contributed by atoms with Gasteiger partial charge in [-0.1, -0.05) is 42.1 Å². The van der Waals surface area contributed by atoms with E-state index in [2.05, 4.69) is 5.32 Å². The summed E-state index contributed by atoms with van der Waals surface area (Å²) in [5.74, 6) is -0.407. The van der Waals surface area contributed by atoms with Crippen LogP contribution in [-0.2, 0) is 16.0 Å². The summed E-state index contributed by atoms with van der Waals surface area (Å²) in [4.78, 5) is 28.4. The maximum Gasteiger partial charge on any atom is 0.252 e. The Kier molecular flexibility index (Phi) is 3.20. The summed E-state index contributed by atoms with van der Waals surface area (Å²) in [6.07, 6.45) is 0.834. The molecule has 2 aromatic rings. The van der Waals surface area contributed by atoms with Crippen molar-refractivity contribution in [2.75, 3.05) is 16.8 Å². The highest BCUT2D eigenvalue weighted by Gasteiger charge is 2.49. The smallest absolute Gasteiger partial charge is 0.252 e. The number of carbonyl (C=O) groups is 2. The lowest BCUT2D eigenvalue weighted by Crippen LogP contribution is -2.53. The second-order valence-corrected chi connectivity index (χ2v) is 7.38. The first-order valence-electron chi connectivity index (χ1n) is 7.59. The minimum absolute atomic E-state index is 0.153. The molecule has 5 heteroatoms. The summed E-state index contributed by atoms with van der Waals surface area (Å²) in [7, 11) is 0. The van der Waals surface area contributed by atoms with Gasteiger partial charge < -0.3 is 10.2 Å². The number of rotatable bonds is 1. The Morgan fingerprint density at radius 2 is 1.91 bits per heavy atom. The number of para-hydroxylation sites is 2. The first-order valence-corrected chi connectivity index (χ1v) is 8.40. The lowest BCUT2D eigenvalue weighted by Gasteiger charge is -2.35. The molecule has 0 aromatic heterocycles. The lowest BCUT2D eigenvalue weighted by atomic mass is 10.1. The molecule has 23 heavy (non-hydrogen) atoms. The number of thioether (sulfide) groups is 1. The number of nitrogens with zero attached hydrogens (tertiary/aromatic N) is 1. The molecule has 0 bridgehead atoms. The first kappa shape index (κ1) is 14.3. The van der Waals surface area contributed by atoms with E-state index in [9.17, 15) is 9.59 Å². The van der Waals surface area contributed by atoms with E-state index in [4.69, 9.17) is 0 Å². The Balaban J connectivity index is 1.70. The van der Waals surface area contributed by atoms with E-state index in [1.165, 1.54) is 11.8 Å². The van der Waals surface area contributed by atoms with Crippen molar-refractivity contribution in [1.82, 2.24) is 0 Å². The number of amides is 2. The summed E-state index contributed by atoms with van der Waals surface area (Å²) in [5, 5.41) is 2.87. The fourth-order valence-electron chi connectivity index (χ4n) is 3.11. The van der Waals surface area contributed by atoms with Crippen molar-refractivity contribution in [3.8, 4) is 0 Å². The monoisotopic (exact) mass is 324 g/mol. The normalized spacial score (nSPS) is 22.3. The van der Waals surface area contributed by atoms with Gasteiger partial charge in [0.25, 0.3) is 5.91 Å². The Hall–Kier alpha value is -2.27. The van der Waals surface area contributed by atoms with Gasteiger partial charge in [0.05, 0.1) is 5.69 Å². The molecule has 2 heterocycles. The number of nitrogens with one attached hydrogen (secondary N) is 1. The van der Waals surface area contributed by atoms with Gasteiger partial charge in [-0.15, -0.1) is 0 Å². The number of carbonyl (C=O) groups excluding carboxylic acids is 2. The molecule has 1 unspecified atom stereocenters. The molecule has 4 rings (SSSR count). The van der Waals surface area contributed by atoms with E-state index in [1.807, 2.05) is 48.5 Å². The van der Waals surface area contributed by atoms with Gasteiger partial charge in [0.1, 0.15) is 0 Å². The van der Waals surface area contributed by atoms with Crippen LogP contribution < -0.4 is 10.2 Å². The maximum atomic E-state index is 13.1. The van der Waals surface area contributed by atoms with Gasteiger partial charge in [0.15, 0.2) is 4.75 Å². The van der Waals surface area contributed by atoms with Crippen molar-refractivity contribution >= 4 is 35.0 Å². The molecule has 4 nitrogen and oxygen atoms in total. The zero-order valence-electron chi connectivity index (χ0n) is 12.7. The molecule has 0 saturated heterocycles. The molecule has 1 N–H and O–H groups in total. The summed E-state index contributed by atoms with van der Waals surface area (Å²) < 4.78 is -1.15. The van der Waals surface area contributed by atoms with Crippen LogP contribution in [0.3, 0.4) is 0 Å². The van der Waals surface area contributed by atoms with Crippen LogP contribution in [0.25, 0.3) is 0 Å². The average Bonchev–Trinajstić information content (AvgIpc) is 2.99. The molecular weight excluding hydrogens is 308 g/mol. The zero-order chi connectivity index (χ0) is 16.0. The van der Waals surface area contributed by atoms with Crippen LogP contribution in [0.5, 0.6) is 0 Å². The van der Waals surface area contributed by atoms with Crippen molar-refractivity contribution in [2.45, 2.75) is 23.0 Å². The Bertz CT molecular complexity index is 820. The topological polar surface area (TPSA) is 49.4 Å². The predicted molar refractivity (Wildman–Crippen MR) is 91.8 cm³/mol. The van der Waals surface area contributed by atoms with Gasteiger partial charge >= 0.3 is 0 Å². The second kappa shape index (κ2) is 5.13. The standard InChI is InChI=1S/C18H16N2O2S/c1-18(16(21)19-13-7-3-5-9-15(13)23-18)17(22)20-11-10-12-6-2-4-8-14(12)20/h2-9H,10-11H2,1H3,(H,19,21). The van der Waals surface area contributed by atoms with E-state index >= 15 is 0 Å². The first-order chi connectivity index (χ1) is 11.1. The van der Waals surface area contributed by atoms with Crippen molar-refractivity contribution in [3.63, 3.8) is 0 Å². The predicted octanol–water partition coefficient (Wildman–Crippen LogP) is 3.08. The van der Waals surface area contributed by atoms with Gasteiger partial charge in [0.2, 0.25) is 5.91 Å². The maximum absolute atomic E-state index is 13.1. The third kappa shape index (κ3) is 2.15. The van der Waals surface area contributed by atoms with Crippen LogP contribution >= 0.6 is 11.8 Å². The molecule has 0 radical (unpaired) electrons. The molecule has 0 spiro atoms. The van der Waals surface area contributed by atoms with Gasteiger partial charge in [-0.25, -0.2) is 0 Å². The zero-order valence-corrected chi connectivity index (χ0v) is 13.5. The molecule has 2 aromatic carbocycles. The molecule has 0 aliphatic carbocycles. The summed E-state index contributed by atoms with van der Waals surface area (Å²) in [5.41, 5.74) is 2.85. The van der Waals surface area contributed by atoms with E-state index < -0.39 is 4.75 Å². The van der Waals surface area contributed by atoms with Crippen molar-refractivity contribution < 1.29 is 9.59 Å². The fourth-order valence-corrected chi connectivity index (χ4v) is 4.27. The molecule has 1 atom stereocenters. The van der Waals surface area contributed by atoms with Crippen molar-refractivity contribution in [1.29, 1.82) is 0 Å². The molecule has 2 amide bonds. The van der Waals surface area contributed by atoms with E-state index in [-0.39, 0.29) is 11.8 Å². The highest BCUT2D eigenvalue weighted by Crippen LogP contribution is 2.44. The number of hydrogen-bond donors (Lipinski definition) is 1. The number of hydrogen-bond acceptors (Lipinski definition) is 3. The lowest BCUT2D eigenvalue weighted by molar-refractivity contribution is -0.128. The molecule has 2 aliphatic heterocycles. The highest BCUT2D eigenvalue weighted by atomic mass is 32.2. The van der Waals surface area contributed by atoms with Crippen LogP contribution in [0, 0.1) is 0 Å². The minimum Gasteiger partial charge on any atom is -0.323 e. The SMILES string of the molecule is CC1(C(=O)N2CCc3ccccc32)Sc2ccccc2NC1=O. The number of benzene rings is 2. The molecule has 2 aliphatic rings. The quantitative estimate of drug-likeness (QED) is 0.820. The Morgan fingerprint density at radius 3 is 2.78 bits per heavy atom. The third-order valence-corrected chi connectivity index (χ3v) is 5.77. The van der Waals surface area contributed by atoms with Gasteiger partial charge in [-0.3, -0.25) is 9.59 Å². The highest BCUT2D eigenvalue weighted by molar-refractivity contribution is 8.02. The minimum atomic E-state index is -1.15. The van der Waals surface area contributed by atoms with Crippen molar-refractivity contribution in [2.24, 2.45) is 0 Å². The van der Waals surface area contributed by atoms with E-state index in [0.29, 0.717) is 6.54 Å². The number of fused-ring (bicyclic) bond motifs is 2. The summed E-state index contributed by atoms with van der Waals surface area (Å²) in [6.45, 7) is 2.34.